The van der Waals surface area contributed by atoms with Crippen molar-refractivity contribution in [2.45, 2.75) is 0 Å². The van der Waals surface area contributed by atoms with E-state index < -0.39 is 0 Å². The molecule has 0 spiro atoms. The zero-order chi connectivity index (χ0) is 34.4. The van der Waals surface area contributed by atoms with Gasteiger partial charge < -0.3 is 9.47 Å². The van der Waals surface area contributed by atoms with Crippen LogP contribution in [0.3, 0.4) is 0 Å². The van der Waals surface area contributed by atoms with Crippen LogP contribution < -0.4 is 4.90 Å². The molecule has 0 saturated carbocycles. The van der Waals surface area contributed by atoms with E-state index in [2.05, 4.69) is 216 Å². The third kappa shape index (κ3) is 5.21. The van der Waals surface area contributed by atoms with Crippen LogP contribution in [0.5, 0.6) is 0 Å². The smallest absolute Gasteiger partial charge is 0.0547 e. The molecule has 0 aliphatic heterocycles. The third-order valence-electron chi connectivity index (χ3n) is 10.3. The predicted molar refractivity (Wildman–Crippen MR) is 221 cm³/mol. The van der Waals surface area contributed by atoms with Crippen molar-refractivity contribution in [3.8, 4) is 27.9 Å². The number of aromatic nitrogens is 1. The normalized spacial score (nSPS) is 11.5. The molecular formula is C50H34N2. The number of rotatable bonds is 6. The molecule has 2 heteroatoms. The zero-order valence-electron chi connectivity index (χ0n) is 28.5. The van der Waals surface area contributed by atoms with Gasteiger partial charge in [-0.25, -0.2) is 0 Å². The summed E-state index contributed by atoms with van der Waals surface area (Å²) >= 11 is 0. The lowest BCUT2D eigenvalue weighted by Gasteiger charge is -2.26. The van der Waals surface area contributed by atoms with Crippen LogP contribution in [-0.4, -0.2) is 4.57 Å². The molecular weight excluding hydrogens is 629 g/mol. The lowest BCUT2D eigenvalue weighted by Crippen LogP contribution is -2.10. The van der Waals surface area contributed by atoms with E-state index in [4.69, 9.17) is 0 Å². The van der Waals surface area contributed by atoms with E-state index in [1.54, 1.807) is 0 Å². The molecule has 1 aromatic heterocycles. The number of anilines is 3. The largest absolute Gasteiger partial charge is 0.310 e. The number of hydrogen-bond donors (Lipinski definition) is 0. The molecule has 0 radical (unpaired) electrons. The van der Waals surface area contributed by atoms with Crippen molar-refractivity contribution in [3.05, 3.63) is 206 Å². The molecule has 0 unspecified atom stereocenters. The Bertz CT molecular complexity index is 2880. The topological polar surface area (TPSA) is 8.17 Å². The second-order valence-electron chi connectivity index (χ2n) is 13.4. The summed E-state index contributed by atoms with van der Waals surface area (Å²) in [5, 5.41) is 7.52. The first-order valence-corrected chi connectivity index (χ1v) is 17.8. The molecule has 52 heavy (non-hydrogen) atoms. The number of nitrogens with zero attached hydrogens (tertiary/aromatic N) is 2. The van der Waals surface area contributed by atoms with Gasteiger partial charge in [-0.3, -0.25) is 0 Å². The van der Waals surface area contributed by atoms with Crippen molar-refractivity contribution in [3.63, 3.8) is 0 Å². The van der Waals surface area contributed by atoms with Crippen molar-refractivity contribution in [2.75, 3.05) is 4.90 Å². The van der Waals surface area contributed by atoms with Gasteiger partial charge in [-0.2, -0.15) is 0 Å². The Morgan fingerprint density at radius 3 is 1.62 bits per heavy atom. The average molecular weight is 663 g/mol. The minimum Gasteiger partial charge on any atom is -0.310 e. The van der Waals surface area contributed by atoms with Crippen LogP contribution >= 0.6 is 0 Å². The Kier molecular flexibility index (Phi) is 7.18. The second-order valence-corrected chi connectivity index (χ2v) is 13.4. The highest BCUT2D eigenvalue weighted by Gasteiger charge is 2.16. The SMILES string of the molecule is c1ccc(-c2cccc(N(c3ccc(-c4ccc(-n5c6ccccc6c6cc7ccccc7cc65)cc4)cc3)c3ccc4ccccc4c3)c2)cc1. The first-order chi connectivity index (χ1) is 25.8. The lowest BCUT2D eigenvalue weighted by atomic mass is 10.0. The molecule has 0 aliphatic carbocycles. The van der Waals surface area contributed by atoms with Crippen LogP contribution in [0.15, 0.2) is 206 Å². The van der Waals surface area contributed by atoms with Gasteiger partial charge in [0, 0.05) is 33.5 Å². The minimum absolute atomic E-state index is 1.11. The van der Waals surface area contributed by atoms with Crippen LogP contribution in [0.25, 0.3) is 71.3 Å². The van der Waals surface area contributed by atoms with Crippen molar-refractivity contribution in [1.29, 1.82) is 0 Å². The fourth-order valence-corrected chi connectivity index (χ4v) is 7.76. The van der Waals surface area contributed by atoms with Gasteiger partial charge in [-0.05, 0) is 111 Å². The summed E-state index contributed by atoms with van der Waals surface area (Å²) < 4.78 is 2.40. The maximum Gasteiger partial charge on any atom is 0.0547 e. The monoisotopic (exact) mass is 662 g/mol. The lowest BCUT2D eigenvalue weighted by molar-refractivity contribution is 1.18. The number of benzene rings is 9. The molecule has 1 heterocycles. The van der Waals surface area contributed by atoms with E-state index in [1.165, 1.54) is 65.6 Å². The highest BCUT2D eigenvalue weighted by atomic mass is 15.1. The second kappa shape index (κ2) is 12.5. The summed E-state index contributed by atoms with van der Waals surface area (Å²) in [4.78, 5) is 2.36. The Morgan fingerprint density at radius 1 is 0.288 bits per heavy atom. The van der Waals surface area contributed by atoms with Gasteiger partial charge in [-0.1, -0.05) is 140 Å². The molecule has 10 rings (SSSR count). The Hall–Kier alpha value is -6.90. The summed E-state index contributed by atoms with van der Waals surface area (Å²) in [5.74, 6) is 0. The van der Waals surface area contributed by atoms with Crippen LogP contribution in [-0.2, 0) is 0 Å². The zero-order valence-corrected chi connectivity index (χ0v) is 28.5. The molecule has 0 aliphatic rings. The van der Waals surface area contributed by atoms with E-state index in [9.17, 15) is 0 Å². The van der Waals surface area contributed by atoms with Gasteiger partial charge in [0.15, 0.2) is 0 Å². The van der Waals surface area contributed by atoms with Gasteiger partial charge in [0.1, 0.15) is 0 Å². The van der Waals surface area contributed by atoms with E-state index in [0.29, 0.717) is 0 Å². The summed E-state index contributed by atoms with van der Waals surface area (Å²) in [6.45, 7) is 0. The van der Waals surface area contributed by atoms with E-state index >= 15 is 0 Å². The van der Waals surface area contributed by atoms with Crippen LogP contribution in [0.4, 0.5) is 17.1 Å². The predicted octanol–water partition coefficient (Wildman–Crippen LogP) is 13.9. The van der Waals surface area contributed by atoms with Crippen LogP contribution in [0.1, 0.15) is 0 Å². The maximum atomic E-state index is 2.40. The molecule has 0 atom stereocenters. The van der Waals surface area contributed by atoms with Crippen molar-refractivity contribution in [2.24, 2.45) is 0 Å². The van der Waals surface area contributed by atoms with Crippen molar-refractivity contribution >= 4 is 60.4 Å². The summed E-state index contributed by atoms with van der Waals surface area (Å²) in [6.07, 6.45) is 0. The van der Waals surface area contributed by atoms with Gasteiger partial charge in [0.25, 0.3) is 0 Å². The first kappa shape index (κ1) is 30.0. The quantitative estimate of drug-likeness (QED) is 0.172. The molecule has 0 fully saturated rings. The molecule has 244 valence electrons. The molecule has 2 nitrogen and oxygen atoms in total. The maximum absolute atomic E-state index is 2.40. The number of hydrogen-bond acceptors (Lipinski definition) is 1. The molecule has 0 N–H and O–H groups in total. The third-order valence-corrected chi connectivity index (χ3v) is 10.3. The summed E-state index contributed by atoms with van der Waals surface area (Å²) in [6, 6.07) is 74.7. The van der Waals surface area contributed by atoms with Gasteiger partial charge in [-0.15, -0.1) is 0 Å². The van der Waals surface area contributed by atoms with E-state index in [0.717, 1.165) is 22.7 Å². The molecule has 0 bridgehead atoms. The van der Waals surface area contributed by atoms with Gasteiger partial charge in [0.05, 0.1) is 11.0 Å². The van der Waals surface area contributed by atoms with E-state index in [-0.39, 0.29) is 0 Å². The van der Waals surface area contributed by atoms with E-state index in [1.807, 2.05) is 0 Å². The Balaban J connectivity index is 1.03. The highest BCUT2D eigenvalue weighted by Crippen LogP contribution is 2.39. The summed E-state index contributed by atoms with van der Waals surface area (Å²) in [5.41, 5.74) is 11.7. The van der Waals surface area contributed by atoms with Crippen LogP contribution in [0.2, 0.25) is 0 Å². The Morgan fingerprint density at radius 2 is 0.846 bits per heavy atom. The average Bonchev–Trinajstić information content (AvgIpc) is 3.54. The number of para-hydroxylation sites is 1. The van der Waals surface area contributed by atoms with Crippen LogP contribution in [0, 0.1) is 0 Å². The molecule has 9 aromatic carbocycles. The molecule has 0 amide bonds. The van der Waals surface area contributed by atoms with Gasteiger partial charge >= 0.3 is 0 Å². The molecule has 10 aromatic rings. The Labute approximate surface area is 303 Å². The van der Waals surface area contributed by atoms with Crippen molar-refractivity contribution < 1.29 is 0 Å². The van der Waals surface area contributed by atoms with Crippen molar-refractivity contribution in [1.82, 2.24) is 4.57 Å². The standard InChI is InChI=1S/C50H34N2/c1-2-11-35(12-3-1)40-17-10-18-45(31-40)51(46-30-25-36-13-4-5-14-39(36)32-46)43-26-21-37(22-27-43)38-23-28-44(29-24-38)52-49-20-9-8-19-47(49)48-33-41-15-6-7-16-42(41)34-50(48)52/h1-34H. The minimum atomic E-state index is 1.11. The summed E-state index contributed by atoms with van der Waals surface area (Å²) in [7, 11) is 0. The highest BCUT2D eigenvalue weighted by molar-refractivity contribution is 6.13. The fraction of sp³-hybridized carbons (Fsp3) is 0. The molecule has 0 saturated heterocycles. The fourth-order valence-electron chi connectivity index (χ4n) is 7.76. The van der Waals surface area contributed by atoms with Gasteiger partial charge in [0.2, 0.25) is 0 Å². The first-order valence-electron chi connectivity index (χ1n) is 17.8. The number of fused-ring (bicyclic) bond motifs is 5.